The van der Waals surface area contributed by atoms with Gasteiger partial charge >= 0.3 is 12.0 Å². The summed E-state index contributed by atoms with van der Waals surface area (Å²) in [5.74, 6) is 0.500. The molecule has 0 radical (unpaired) electrons. The van der Waals surface area contributed by atoms with Crippen LogP contribution in [0.15, 0.2) is 64.1 Å². The molecule has 2 aromatic carbocycles. The molecule has 10 nitrogen and oxygen atoms in total. The van der Waals surface area contributed by atoms with Crippen molar-refractivity contribution in [2.24, 2.45) is 5.10 Å². The lowest BCUT2D eigenvalue weighted by Crippen LogP contribution is -2.24. The highest BCUT2D eigenvalue weighted by Gasteiger charge is 2.11. The summed E-state index contributed by atoms with van der Waals surface area (Å²) in [5.41, 5.74) is 3.56. The third kappa shape index (κ3) is 6.50. The van der Waals surface area contributed by atoms with Gasteiger partial charge in [-0.15, -0.1) is 0 Å². The number of rotatable bonds is 10. The van der Waals surface area contributed by atoms with Crippen molar-refractivity contribution in [3.8, 4) is 17.2 Å². The maximum atomic E-state index is 12.1. The van der Waals surface area contributed by atoms with Crippen molar-refractivity contribution in [2.45, 2.75) is 13.5 Å². The number of hydrazone groups is 1. The van der Waals surface area contributed by atoms with Crippen LogP contribution in [0.2, 0.25) is 0 Å². The minimum atomic E-state index is -1.15. The quantitative estimate of drug-likeness (QED) is 0.311. The Hall–Kier alpha value is -4.47. The Balaban J connectivity index is 1.61. The topological polar surface area (TPSA) is 132 Å². The third-order valence-corrected chi connectivity index (χ3v) is 4.24. The van der Waals surface area contributed by atoms with Crippen LogP contribution in [0, 0.1) is 0 Å². The maximum absolute atomic E-state index is 12.1. The Bertz CT molecular complexity index is 1140. The van der Waals surface area contributed by atoms with E-state index >= 15 is 0 Å². The first-order chi connectivity index (χ1) is 16.0. The lowest BCUT2D eigenvalue weighted by Gasteiger charge is -2.12. The van der Waals surface area contributed by atoms with Crippen molar-refractivity contribution in [1.82, 2.24) is 5.43 Å². The van der Waals surface area contributed by atoms with Gasteiger partial charge in [-0.2, -0.15) is 5.10 Å². The van der Waals surface area contributed by atoms with Crippen LogP contribution in [0.25, 0.3) is 0 Å². The molecular formula is C23H23N3O7. The SMILES string of the molecule is CCOc1cc(C=NNC(=O)Nc2ccccc2OC)ccc1OCc1ccc(C(=O)O)o1. The van der Waals surface area contributed by atoms with Crippen LogP contribution < -0.4 is 25.0 Å². The fourth-order valence-electron chi connectivity index (χ4n) is 2.78. The summed E-state index contributed by atoms with van der Waals surface area (Å²) in [6.07, 6.45) is 1.46. The molecular weight excluding hydrogens is 430 g/mol. The number of carboxylic acid groups (broad SMARTS) is 1. The molecule has 0 unspecified atom stereocenters. The number of urea groups is 1. The van der Waals surface area contributed by atoms with E-state index in [1.54, 1.807) is 42.5 Å². The molecule has 0 aliphatic heterocycles. The van der Waals surface area contributed by atoms with Crippen LogP contribution in [-0.2, 0) is 6.61 Å². The first kappa shape index (κ1) is 23.2. The molecule has 3 aromatic rings. The van der Waals surface area contributed by atoms with Gasteiger partial charge in [-0.05, 0) is 55.0 Å². The average molecular weight is 453 g/mol. The number of nitrogens with zero attached hydrogens (tertiary/aromatic N) is 1. The van der Waals surface area contributed by atoms with E-state index in [1.807, 2.05) is 6.92 Å². The summed E-state index contributed by atoms with van der Waals surface area (Å²) in [5, 5.41) is 15.5. The average Bonchev–Trinajstić information content (AvgIpc) is 3.29. The Morgan fingerprint density at radius 2 is 1.88 bits per heavy atom. The van der Waals surface area contributed by atoms with Crippen molar-refractivity contribution in [3.63, 3.8) is 0 Å². The number of carbonyl (C=O) groups is 2. The standard InChI is InChI=1S/C23H23N3O7/c1-3-31-21-12-15(8-10-19(21)32-14-16-9-11-20(33-16)22(27)28)13-24-26-23(29)25-17-6-4-5-7-18(17)30-2/h4-13H,3,14H2,1-2H3,(H,27,28)(H2,25,26,29). The number of furan rings is 1. The first-order valence-corrected chi connectivity index (χ1v) is 9.95. The molecule has 0 bridgehead atoms. The zero-order valence-electron chi connectivity index (χ0n) is 18.0. The van der Waals surface area contributed by atoms with E-state index in [-0.39, 0.29) is 12.4 Å². The van der Waals surface area contributed by atoms with Crippen LogP contribution in [-0.4, -0.2) is 37.0 Å². The van der Waals surface area contributed by atoms with Crippen LogP contribution >= 0.6 is 0 Å². The van der Waals surface area contributed by atoms with Gasteiger partial charge in [0.1, 0.15) is 18.1 Å². The molecule has 0 aliphatic carbocycles. The van der Waals surface area contributed by atoms with E-state index in [9.17, 15) is 9.59 Å². The second-order valence-corrected chi connectivity index (χ2v) is 6.52. The second kappa shape index (κ2) is 11.2. The number of carboxylic acids is 1. The van der Waals surface area contributed by atoms with Crippen molar-refractivity contribution >= 4 is 23.9 Å². The van der Waals surface area contributed by atoms with Crippen molar-refractivity contribution in [2.75, 3.05) is 19.0 Å². The van der Waals surface area contributed by atoms with Gasteiger partial charge in [0.15, 0.2) is 11.5 Å². The highest BCUT2D eigenvalue weighted by Crippen LogP contribution is 2.29. The van der Waals surface area contributed by atoms with Gasteiger partial charge in [0.2, 0.25) is 5.76 Å². The van der Waals surface area contributed by atoms with Gasteiger partial charge in [0.25, 0.3) is 0 Å². The molecule has 33 heavy (non-hydrogen) atoms. The molecule has 10 heteroatoms. The predicted molar refractivity (Wildman–Crippen MR) is 120 cm³/mol. The van der Waals surface area contributed by atoms with E-state index in [4.69, 9.17) is 23.7 Å². The lowest BCUT2D eigenvalue weighted by atomic mass is 10.2. The van der Waals surface area contributed by atoms with Gasteiger partial charge in [-0.3, -0.25) is 0 Å². The van der Waals surface area contributed by atoms with Crippen molar-refractivity contribution in [1.29, 1.82) is 0 Å². The molecule has 3 rings (SSSR count). The van der Waals surface area contributed by atoms with Crippen molar-refractivity contribution in [3.05, 3.63) is 71.7 Å². The molecule has 0 saturated heterocycles. The van der Waals surface area contributed by atoms with E-state index in [2.05, 4.69) is 15.8 Å². The number of methoxy groups -OCH3 is 1. The summed E-state index contributed by atoms with van der Waals surface area (Å²) >= 11 is 0. The minimum absolute atomic E-state index is 0.0332. The number of benzene rings is 2. The zero-order valence-corrected chi connectivity index (χ0v) is 18.0. The summed E-state index contributed by atoms with van der Waals surface area (Å²) in [6, 6.07) is 14.5. The monoisotopic (exact) mass is 453 g/mol. The molecule has 3 N–H and O–H groups in total. The molecule has 0 atom stereocenters. The van der Waals surface area contributed by atoms with Gasteiger partial charge in [-0.25, -0.2) is 15.0 Å². The largest absolute Gasteiger partial charge is 0.495 e. The Morgan fingerprint density at radius 1 is 1.06 bits per heavy atom. The number of nitrogens with one attached hydrogen (secondary N) is 2. The number of carbonyl (C=O) groups excluding carboxylic acids is 1. The second-order valence-electron chi connectivity index (χ2n) is 6.52. The van der Waals surface area contributed by atoms with E-state index < -0.39 is 12.0 Å². The number of amides is 2. The molecule has 1 aromatic heterocycles. The normalized spacial score (nSPS) is 10.6. The number of hydrogen-bond donors (Lipinski definition) is 3. The number of hydrogen-bond acceptors (Lipinski definition) is 7. The smallest absolute Gasteiger partial charge is 0.371 e. The Morgan fingerprint density at radius 3 is 2.61 bits per heavy atom. The molecule has 0 spiro atoms. The number of aromatic carboxylic acids is 1. The molecule has 0 saturated carbocycles. The number of ether oxygens (including phenoxy) is 3. The van der Waals surface area contributed by atoms with E-state index in [0.717, 1.165) is 0 Å². The summed E-state index contributed by atoms with van der Waals surface area (Å²) in [6.45, 7) is 2.27. The molecule has 0 fully saturated rings. The third-order valence-electron chi connectivity index (χ3n) is 4.24. The first-order valence-electron chi connectivity index (χ1n) is 9.95. The van der Waals surface area contributed by atoms with Gasteiger partial charge in [0, 0.05) is 0 Å². The molecule has 2 amide bonds. The molecule has 1 heterocycles. The van der Waals surface area contributed by atoms with Crippen molar-refractivity contribution < 1.29 is 33.3 Å². The van der Waals surface area contributed by atoms with Gasteiger partial charge in [-0.1, -0.05) is 12.1 Å². The lowest BCUT2D eigenvalue weighted by molar-refractivity contribution is 0.0658. The maximum Gasteiger partial charge on any atom is 0.371 e. The fraction of sp³-hybridized carbons (Fsp3) is 0.174. The highest BCUT2D eigenvalue weighted by atomic mass is 16.5. The Labute approximate surface area is 189 Å². The highest BCUT2D eigenvalue weighted by molar-refractivity contribution is 5.91. The fourth-order valence-corrected chi connectivity index (χ4v) is 2.78. The molecule has 172 valence electrons. The summed E-state index contributed by atoms with van der Waals surface area (Å²) in [4.78, 5) is 23.0. The van der Waals surface area contributed by atoms with Crippen LogP contribution in [0.3, 0.4) is 0 Å². The molecule has 0 aliphatic rings. The van der Waals surface area contributed by atoms with E-state index in [1.165, 1.54) is 25.5 Å². The van der Waals surface area contributed by atoms with Crippen LogP contribution in [0.1, 0.15) is 28.8 Å². The van der Waals surface area contributed by atoms with Gasteiger partial charge in [0.05, 0.1) is 25.6 Å². The van der Waals surface area contributed by atoms with Gasteiger partial charge < -0.3 is 29.1 Å². The number of anilines is 1. The van der Waals surface area contributed by atoms with Crippen LogP contribution in [0.4, 0.5) is 10.5 Å². The summed E-state index contributed by atoms with van der Waals surface area (Å²) < 4.78 is 21.7. The zero-order chi connectivity index (χ0) is 23.6. The minimum Gasteiger partial charge on any atom is -0.495 e. The van der Waals surface area contributed by atoms with E-state index in [0.29, 0.717) is 40.9 Å². The predicted octanol–water partition coefficient (Wildman–Crippen LogP) is 4.12. The Kier molecular flexibility index (Phi) is 7.90. The number of para-hydroxylation sites is 2. The summed E-state index contributed by atoms with van der Waals surface area (Å²) in [7, 11) is 1.52. The van der Waals surface area contributed by atoms with Crippen LogP contribution in [0.5, 0.6) is 17.2 Å².